The number of rotatable bonds is 4. The molecule has 7 nitrogen and oxygen atoms in total. The number of hydrazone groups is 1. The molecular formula is C8H13N3O4. The van der Waals surface area contributed by atoms with Gasteiger partial charge in [-0.3, -0.25) is 9.59 Å². The molecule has 0 saturated heterocycles. The monoisotopic (exact) mass is 215 g/mol. The van der Waals surface area contributed by atoms with E-state index in [1.54, 1.807) is 6.92 Å². The van der Waals surface area contributed by atoms with E-state index >= 15 is 0 Å². The number of nitrogens with one attached hydrogen (secondary N) is 2. The number of hydroxylamine groups is 1. The van der Waals surface area contributed by atoms with Crippen molar-refractivity contribution in [2.24, 2.45) is 5.10 Å². The minimum absolute atomic E-state index is 0.220. The lowest BCUT2D eigenvalue weighted by atomic mass is 9.91. The number of hydrogen-bond donors (Lipinski definition) is 3. The zero-order valence-electron chi connectivity index (χ0n) is 8.53. The standard InChI is InChI=1S/C8H13N3O4/c1-3-15-6(12)4-8(11-14)5(2)9-10-7(8)13/h11,14H,3-4H2,1-2H3,(H,10,13). The molecule has 0 fully saturated rings. The molecule has 1 aliphatic heterocycles. The topological polar surface area (TPSA) is 100 Å². The average Bonchev–Trinajstić information content (AvgIpc) is 2.47. The van der Waals surface area contributed by atoms with Crippen LogP contribution in [0.5, 0.6) is 0 Å². The van der Waals surface area contributed by atoms with Crippen molar-refractivity contribution in [3.63, 3.8) is 0 Å². The molecule has 1 aliphatic rings. The van der Waals surface area contributed by atoms with Crippen LogP contribution in [0, 0.1) is 0 Å². The number of ether oxygens (including phenoxy) is 1. The summed E-state index contributed by atoms with van der Waals surface area (Å²) in [6.45, 7) is 3.41. The lowest BCUT2D eigenvalue weighted by Crippen LogP contribution is -2.56. The summed E-state index contributed by atoms with van der Waals surface area (Å²) >= 11 is 0. The van der Waals surface area contributed by atoms with Gasteiger partial charge in [0.25, 0.3) is 5.91 Å². The van der Waals surface area contributed by atoms with E-state index in [0.29, 0.717) is 5.71 Å². The van der Waals surface area contributed by atoms with Crippen LogP contribution in [0.4, 0.5) is 0 Å². The van der Waals surface area contributed by atoms with Gasteiger partial charge < -0.3 is 9.94 Å². The van der Waals surface area contributed by atoms with Crippen LogP contribution in [0.3, 0.4) is 0 Å². The Balaban J connectivity index is 2.81. The third kappa shape index (κ3) is 1.97. The SMILES string of the molecule is CCOC(=O)CC1(NO)C(=O)NN=C1C. The fraction of sp³-hybridized carbons (Fsp3) is 0.625. The number of amides is 1. The number of esters is 1. The maximum atomic E-state index is 11.4. The molecule has 0 saturated carbocycles. The number of carbonyl (C=O) groups is 2. The molecule has 0 spiro atoms. The fourth-order valence-corrected chi connectivity index (χ4v) is 1.30. The van der Waals surface area contributed by atoms with Gasteiger partial charge in [-0.05, 0) is 13.8 Å². The Bertz CT molecular complexity index is 315. The first-order valence-corrected chi connectivity index (χ1v) is 4.49. The second kappa shape index (κ2) is 4.37. The van der Waals surface area contributed by atoms with Gasteiger partial charge >= 0.3 is 5.97 Å². The summed E-state index contributed by atoms with van der Waals surface area (Å²) < 4.78 is 4.70. The van der Waals surface area contributed by atoms with Gasteiger partial charge in [-0.15, -0.1) is 0 Å². The zero-order valence-corrected chi connectivity index (χ0v) is 8.53. The highest BCUT2D eigenvalue weighted by molar-refractivity contribution is 6.17. The van der Waals surface area contributed by atoms with Gasteiger partial charge in [0, 0.05) is 0 Å². The minimum Gasteiger partial charge on any atom is -0.466 e. The largest absolute Gasteiger partial charge is 0.466 e. The maximum absolute atomic E-state index is 11.4. The third-order valence-electron chi connectivity index (χ3n) is 2.24. The first kappa shape index (κ1) is 11.6. The molecule has 0 aromatic rings. The molecule has 0 aromatic heterocycles. The summed E-state index contributed by atoms with van der Waals surface area (Å²) in [6, 6.07) is 0. The molecule has 0 aliphatic carbocycles. The molecule has 0 bridgehead atoms. The predicted molar refractivity (Wildman–Crippen MR) is 50.2 cm³/mol. The van der Waals surface area contributed by atoms with Crippen LogP contribution in [0.2, 0.25) is 0 Å². The molecule has 7 heteroatoms. The van der Waals surface area contributed by atoms with Crippen molar-refractivity contribution in [1.29, 1.82) is 0 Å². The molecular weight excluding hydrogens is 202 g/mol. The average molecular weight is 215 g/mol. The third-order valence-corrected chi connectivity index (χ3v) is 2.24. The molecule has 1 amide bonds. The van der Waals surface area contributed by atoms with Crippen molar-refractivity contribution >= 4 is 17.6 Å². The first-order valence-electron chi connectivity index (χ1n) is 4.49. The van der Waals surface area contributed by atoms with E-state index < -0.39 is 17.4 Å². The highest BCUT2D eigenvalue weighted by atomic mass is 16.5. The minimum atomic E-state index is -1.49. The van der Waals surface area contributed by atoms with Crippen molar-refractivity contribution < 1.29 is 19.5 Å². The van der Waals surface area contributed by atoms with Gasteiger partial charge in [0.15, 0.2) is 5.54 Å². The number of carbonyl (C=O) groups excluding carboxylic acids is 2. The predicted octanol–water partition coefficient (Wildman–Crippen LogP) is -0.837. The second-order valence-corrected chi connectivity index (χ2v) is 3.14. The van der Waals surface area contributed by atoms with Crippen molar-refractivity contribution in [2.75, 3.05) is 6.61 Å². The van der Waals surface area contributed by atoms with E-state index in [9.17, 15) is 9.59 Å². The van der Waals surface area contributed by atoms with Crippen molar-refractivity contribution in [3.8, 4) is 0 Å². The Morgan fingerprint density at radius 3 is 2.80 bits per heavy atom. The molecule has 15 heavy (non-hydrogen) atoms. The molecule has 84 valence electrons. The lowest BCUT2D eigenvalue weighted by molar-refractivity contribution is -0.148. The molecule has 1 heterocycles. The smallest absolute Gasteiger partial charge is 0.308 e. The quantitative estimate of drug-likeness (QED) is 0.419. The summed E-state index contributed by atoms with van der Waals surface area (Å²) in [4.78, 5) is 22.7. The van der Waals surface area contributed by atoms with Crippen molar-refractivity contribution in [2.45, 2.75) is 25.8 Å². The first-order chi connectivity index (χ1) is 7.06. The lowest BCUT2D eigenvalue weighted by Gasteiger charge is -2.23. The summed E-state index contributed by atoms with van der Waals surface area (Å²) in [7, 11) is 0. The highest BCUT2D eigenvalue weighted by Gasteiger charge is 2.47. The van der Waals surface area contributed by atoms with E-state index in [4.69, 9.17) is 9.94 Å². The normalized spacial score (nSPS) is 24.7. The van der Waals surface area contributed by atoms with Gasteiger partial charge in [0.05, 0.1) is 18.7 Å². The molecule has 1 rings (SSSR count). The Morgan fingerprint density at radius 1 is 1.73 bits per heavy atom. The summed E-state index contributed by atoms with van der Waals surface area (Å²) in [5.74, 6) is -1.15. The Kier molecular flexibility index (Phi) is 3.38. The van der Waals surface area contributed by atoms with E-state index in [1.807, 2.05) is 5.48 Å². The zero-order chi connectivity index (χ0) is 11.5. The van der Waals surface area contributed by atoms with E-state index in [0.717, 1.165) is 0 Å². The van der Waals surface area contributed by atoms with Crippen LogP contribution in [-0.2, 0) is 14.3 Å². The number of nitrogens with zero attached hydrogens (tertiary/aromatic N) is 1. The fourth-order valence-electron chi connectivity index (χ4n) is 1.30. The van der Waals surface area contributed by atoms with Crippen LogP contribution in [0.15, 0.2) is 5.10 Å². The Morgan fingerprint density at radius 2 is 2.40 bits per heavy atom. The summed E-state index contributed by atoms with van der Waals surface area (Å²) in [5, 5.41) is 12.6. The molecule has 1 atom stereocenters. The van der Waals surface area contributed by atoms with Crippen molar-refractivity contribution in [1.82, 2.24) is 10.9 Å². The van der Waals surface area contributed by atoms with Gasteiger partial charge in [0.1, 0.15) is 0 Å². The highest BCUT2D eigenvalue weighted by Crippen LogP contribution is 2.18. The molecule has 0 radical (unpaired) electrons. The second-order valence-electron chi connectivity index (χ2n) is 3.14. The Hall–Kier alpha value is -1.47. The van der Waals surface area contributed by atoms with Crippen LogP contribution in [0.1, 0.15) is 20.3 Å². The molecule has 3 N–H and O–H groups in total. The van der Waals surface area contributed by atoms with Gasteiger partial charge in [-0.1, -0.05) is 0 Å². The van der Waals surface area contributed by atoms with E-state index in [2.05, 4.69) is 10.5 Å². The van der Waals surface area contributed by atoms with Crippen LogP contribution < -0.4 is 10.9 Å². The molecule has 0 aromatic carbocycles. The van der Waals surface area contributed by atoms with Gasteiger partial charge in [-0.2, -0.15) is 10.6 Å². The van der Waals surface area contributed by atoms with Crippen LogP contribution >= 0.6 is 0 Å². The van der Waals surface area contributed by atoms with E-state index in [1.165, 1.54) is 6.92 Å². The summed E-state index contributed by atoms with van der Waals surface area (Å²) in [6.07, 6.45) is -0.293. The summed E-state index contributed by atoms with van der Waals surface area (Å²) in [5.41, 5.74) is 2.80. The van der Waals surface area contributed by atoms with Gasteiger partial charge in [0.2, 0.25) is 0 Å². The maximum Gasteiger partial charge on any atom is 0.308 e. The van der Waals surface area contributed by atoms with Crippen LogP contribution in [-0.4, -0.2) is 34.9 Å². The van der Waals surface area contributed by atoms with Crippen molar-refractivity contribution in [3.05, 3.63) is 0 Å². The van der Waals surface area contributed by atoms with Crippen LogP contribution in [0.25, 0.3) is 0 Å². The van der Waals surface area contributed by atoms with Gasteiger partial charge in [-0.25, -0.2) is 5.43 Å². The van der Waals surface area contributed by atoms with E-state index in [-0.39, 0.29) is 13.0 Å². The Labute approximate surface area is 86.4 Å². The molecule has 1 unspecified atom stereocenters. The number of hydrogen-bond acceptors (Lipinski definition) is 6.